The molecule has 0 spiro atoms. The van der Waals surface area contributed by atoms with E-state index in [4.69, 9.17) is 0 Å². The van der Waals surface area contributed by atoms with Crippen molar-refractivity contribution < 1.29 is 0 Å². The summed E-state index contributed by atoms with van der Waals surface area (Å²) >= 11 is 0. The Kier molecular flexibility index (Phi) is 3.12. The van der Waals surface area contributed by atoms with Gasteiger partial charge in [-0.25, -0.2) is 0 Å². The highest BCUT2D eigenvalue weighted by Crippen LogP contribution is 2.29. The van der Waals surface area contributed by atoms with Gasteiger partial charge in [-0.3, -0.25) is 15.6 Å². The van der Waals surface area contributed by atoms with Gasteiger partial charge in [0.2, 0.25) is 0 Å². The fourth-order valence-electron chi connectivity index (χ4n) is 2.77. The number of anilines is 1. The largest absolute Gasteiger partial charge is 0.357 e. The summed E-state index contributed by atoms with van der Waals surface area (Å²) < 4.78 is 0. The van der Waals surface area contributed by atoms with Crippen molar-refractivity contribution in [1.29, 1.82) is 0 Å². The molecular weight excluding hydrogens is 236 g/mol. The lowest BCUT2D eigenvalue weighted by Gasteiger charge is -2.19. The predicted molar refractivity (Wildman–Crippen MR) is 79.4 cm³/mol. The average Bonchev–Trinajstić information content (AvgIpc) is 2.88. The monoisotopic (exact) mass is 256 g/mol. The molecule has 1 aliphatic rings. The fourth-order valence-corrected chi connectivity index (χ4v) is 2.77. The van der Waals surface area contributed by atoms with Crippen LogP contribution in [0, 0.1) is 20.8 Å². The van der Waals surface area contributed by atoms with Crippen LogP contribution >= 0.6 is 0 Å². The molecule has 0 unspecified atom stereocenters. The summed E-state index contributed by atoms with van der Waals surface area (Å²) in [7, 11) is 0. The molecule has 4 nitrogen and oxygen atoms in total. The molecule has 3 rings (SSSR count). The highest BCUT2D eigenvalue weighted by atomic mass is 15.3. The fraction of sp³-hybridized carbons (Fsp3) is 0.400. The number of hydrogen-bond donors (Lipinski definition) is 3. The van der Waals surface area contributed by atoms with Crippen molar-refractivity contribution in [1.82, 2.24) is 15.6 Å². The van der Waals surface area contributed by atoms with E-state index in [0.717, 1.165) is 18.6 Å². The lowest BCUT2D eigenvalue weighted by atomic mass is 10.00. The summed E-state index contributed by atoms with van der Waals surface area (Å²) in [6.45, 7) is 8.43. The summed E-state index contributed by atoms with van der Waals surface area (Å²) in [4.78, 5) is 4.52. The maximum absolute atomic E-state index is 4.52. The third-order valence-electron chi connectivity index (χ3n) is 3.79. The number of pyridine rings is 1. The van der Waals surface area contributed by atoms with Crippen LogP contribution in [0.25, 0.3) is 10.9 Å². The SMILES string of the molecule is Cc1cc(NC2NCCN2)c(C)c2c(C)ccnc12. The van der Waals surface area contributed by atoms with Gasteiger partial charge >= 0.3 is 0 Å². The number of fused-ring (bicyclic) bond motifs is 1. The third kappa shape index (κ3) is 2.17. The van der Waals surface area contributed by atoms with Crippen LogP contribution in [0.5, 0.6) is 0 Å². The zero-order valence-corrected chi connectivity index (χ0v) is 11.7. The highest BCUT2D eigenvalue weighted by molar-refractivity contribution is 5.92. The van der Waals surface area contributed by atoms with E-state index < -0.39 is 0 Å². The van der Waals surface area contributed by atoms with Gasteiger partial charge in [0, 0.05) is 30.4 Å². The van der Waals surface area contributed by atoms with Crippen molar-refractivity contribution in [3.8, 4) is 0 Å². The Labute approximate surface area is 113 Å². The molecule has 4 heteroatoms. The summed E-state index contributed by atoms with van der Waals surface area (Å²) in [5.41, 5.74) is 6.04. The number of aromatic nitrogens is 1. The normalized spacial score (nSPS) is 16.2. The molecule has 0 bridgehead atoms. The standard InChI is InChI=1S/C15H20N4/c1-9-4-5-16-14-10(2)8-12(11(3)13(9)14)19-15-17-6-7-18-15/h4-5,8,15,17-19H,6-7H2,1-3H3. The molecule has 19 heavy (non-hydrogen) atoms. The summed E-state index contributed by atoms with van der Waals surface area (Å²) in [5.74, 6) is 0. The molecule has 0 amide bonds. The topological polar surface area (TPSA) is 49.0 Å². The van der Waals surface area contributed by atoms with Crippen molar-refractivity contribution in [3.05, 3.63) is 35.0 Å². The smallest absolute Gasteiger partial charge is 0.132 e. The Bertz CT molecular complexity index is 615. The second kappa shape index (κ2) is 4.79. The van der Waals surface area contributed by atoms with Crippen LogP contribution in [0.3, 0.4) is 0 Å². The molecule has 0 radical (unpaired) electrons. The molecule has 2 heterocycles. The van der Waals surface area contributed by atoms with Gasteiger partial charge in [-0.15, -0.1) is 0 Å². The Balaban J connectivity index is 2.10. The van der Waals surface area contributed by atoms with E-state index in [0.29, 0.717) is 0 Å². The van der Waals surface area contributed by atoms with Crippen LogP contribution in [-0.4, -0.2) is 24.4 Å². The van der Waals surface area contributed by atoms with Crippen molar-refractivity contribution in [2.75, 3.05) is 18.4 Å². The van der Waals surface area contributed by atoms with Gasteiger partial charge in [0.05, 0.1) is 5.52 Å². The number of benzene rings is 1. The molecule has 2 aromatic rings. The van der Waals surface area contributed by atoms with Gasteiger partial charge < -0.3 is 5.32 Å². The van der Waals surface area contributed by atoms with E-state index in [2.05, 4.69) is 53.8 Å². The molecular formula is C15H20N4. The Hall–Kier alpha value is -1.65. The second-order valence-electron chi connectivity index (χ2n) is 5.20. The van der Waals surface area contributed by atoms with Gasteiger partial charge in [0.1, 0.15) is 6.29 Å². The minimum Gasteiger partial charge on any atom is -0.357 e. The molecule has 0 aliphatic carbocycles. The third-order valence-corrected chi connectivity index (χ3v) is 3.79. The molecule has 3 N–H and O–H groups in total. The van der Waals surface area contributed by atoms with Crippen molar-refractivity contribution in [3.63, 3.8) is 0 Å². The van der Waals surface area contributed by atoms with Gasteiger partial charge in [-0.05, 0) is 49.6 Å². The average molecular weight is 256 g/mol. The van der Waals surface area contributed by atoms with E-state index in [1.54, 1.807) is 0 Å². The maximum atomic E-state index is 4.52. The van der Waals surface area contributed by atoms with E-state index >= 15 is 0 Å². The van der Waals surface area contributed by atoms with Crippen molar-refractivity contribution >= 4 is 16.6 Å². The van der Waals surface area contributed by atoms with Crippen molar-refractivity contribution in [2.45, 2.75) is 27.1 Å². The molecule has 1 aliphatic heterocycles. The van der Waals surface area contributed by atoms with Crippen LogP contribution in [0.15, 0.2) is 18.3 Å². The van der Waals surface area contributed by atoms with E-state index in [1.807, 2.05) is 6.20 Å². The number of nitrogens with one attached hydrogen (secondary N) is 3. The van der Waals surface area contributed by atoms with Gasteiger partial charge in [-0.1, -0.05) is 0 Å². The molecule has 1 aromatic carbocycles. The molecule has 1 fully saturated rings. The molecule has 1 saturated heterocycles. The lowest BCUT2D eigenvalue weighted by Crippen LogP contribution is -2.39. The Morgan fingerprint density at radius 1 is 1.16 bits per heavy atom. The minimum atomic E-state index is 0.160. The first kappa shape index (κ1) is 12.4. The maximum Gasteiger partial charge on any atom is 0.132 e. The first-order chi connectivity index (χ1) is 9.16. The van der Waals surface area contributed by atoms with Gasteiger partial charge in [-0.2, -0.15) is 0 Å². The van der Waals surface area contributed by atoms with E-state index in [-0.39, 0.29) is 6.29 Å². The first-order valence-corrected chi connectivity index (χ1v) is 6.75. The number of nitrogens with zero attached hydrogens (tertiary/aromatic N) is 1. The summed E-state index contributed by atoms with van der Waals surface area (Å²) in [5, 5.41) is 11.5. The molecule has 100 valence electrons. The van der Waals surface area contributed by atoms with Crippen LogP contribution in [0.2, 0.25) is 0 Å². The number of rotatable bonds is 2. The lowest BCUT2D eigenvalue weighted by molar-refractivity contribution is 0.620. The van der Waals surface area contributed by atoms with Crippen LogP contribution in [-0.2, 0) is 0 Å². The van der Waals surface area contributed by atoms with Crippen LogP contribution in [0.1, 0.15) is 16.7 Å². The number of aryl methyl sites for hydroxylation is 3. The first-order valence-electron chi connectivity index (χ1n) is 6.75. The molecule has 0 atom stereocenters. The molecule has 0 saturated carbocycles. The van der Waals surface area contributed by atoms with Gasteiger partial charge in [0.25, 0.3) is 0 Å². The summed E-state index contributed by atoms with van der Waals surface area (Å²) in [6.07, 6.45) is 2.05. The number of hydrogen-bond acceptors (Lipinski definition) is 4. The quantitative estimate of drug-likeness (QED) is 0.769. The van der Waals surface area contributed by atoms with E-state index in [1.165, 1.54) is 27.8 Å². The van der Waals surface area contributed by atoms with Gasteiger partial charge in [0.15, 0.2) is 0 Å². The highest BCUT2D eigenvalue weighted by Gasteiger charge is 2.15. The zero-order valence-electron chi connectivity index (χ0n) is 11.7. The Morgan fingerprint density at radius 3 is 2.63 bits per heavy atom. The Morgan fingerprint density at radius 2 is 1.89 bits per heavy atom. The second-order valence-corrected chi connectivity index (χ2v) is 5.20. The van der Waals surface area contributed by atoms with E-state index in [9.17, 15) is 0 Å². The summed E-state index contributed by atoms with van der Waals surface area (Å²) in [6, 6.07) is 4.26. The van der Waals surface area contributed by atoms with Crippen LogP contribution < -0.4 is 16.0 Å². The van der Waals surface area contributed by atoms with Crippen LogP contribution in [0.4, 0.5) is 5.69 Å². The minimum absolute atomic E-state index is 0.160. The molecule has 1 aromatic heterocycles. The predicted octanol–water partition coefficient (Wildman–Crippen LogP) is 2.05. The van der Waals surface area contributed by atoms with Crippen molar-refractivity contribution in [2.24, 2.45) is 0 Å². The zero-order chi connectivity index (χ0) is 13.4.